The Morgan fingerprint density at radius 1 is 1.25 bits per heavy atom. The maximum Gasteiger partial charge on any atom is 0.325 e. The SMILES string of the molecule is CCc1oc2ccccc2c1CN(C)C(=O)CN1C(=O)NC2(CC(C)CC(C)(C)C2)C1=O. The molecule has 7 heteroatoms. The molecule has 1 aromatic heterocycles. The molecule has 2 aliphatic rings. The first-order valence-electron chi connectivity index (χ1n) is 11.4. The largest absolute Gasteiger partial charge is 0.461 e. The predicted molar refractivity (Wildman–Crippen MR) is 122 cm³/mol. The highest BCUT2D eigenvalue weighted by atomic mass is 16.3. The van der Waals surface area contributed by atoms with E-state index in [0.717, 1.165) is 40.0 Å². The summed E-state index contributed by atoms with van der Waals surface area (Å²) in [6.07, 6.45) is 2.94. The molecule has 0 bridgehead atoms. The fourth-order valence-electron chi connectivity index (χ4n) is 5.84. The first kappa shape index (κ1) is 22.4. The lowest BCUT2D eigenvalue weighted by molar-refractivity contribution is -0.140. The van der Waals surface area contributed by atoms with Gasteiger partial charge in [-0.15, -0.1) is 0 Å². The lowest BCUT2D eigenvalue weighted by Crippen LogP contribution is -2.54. The second-order valence-electron chi connectivity index (χ2n) is 10.4. The van der Waals surface area contributed by atoms with Crippen LogP contribution in [-0.2, 0) is 22.6 Å². The number of nitrogens with zero attached hydrogens (tertiary/aromatic N) is 2. The van der Waals surface area contributed by atoms with Gasteiger partial charge in [0, 0.05) is 31.0 Å². The summed E-state index contributed by atoms with van der Waals surface area (Å²) in [4.78, 5) is 41.8. The van der Waals surface area contributed by atoms with Crippen LogP contribution in [-0.4, -0.2) is 46.8 Å². The summed E-state index contributed by atoms with van der Waals surface area (Å²) < 4.78 is 5.93. The van der Waals surface area contributed by atoms with E-state index in [4.69, 9.17) is 4.42 Å². The third-order valence-electron chi connectivity index (χ3n) is 6.84. The Kier molecular flexibility index (Phi) is 5.55. The molecule has 1 saturated carbocycles. The molecule has 2 unspecified atom stereocenters. The van der Waals surface area contributed by atoms with Crippen molar-refractivity contribution in [3.8, 4) is 0 Å². The van der Waals surface area contributed by atoms with Gasteiger partial charge in [0.2, 0.25) is 5.91 Å². The number of hydrogen-bond acceptors (Lipinski definition) is 4. The van der Waals surface area contributed by atoms with Crippen LogP contribution in [0.1, 0.15) is 58.3 Å². The van der Waals surface area contributed by atoms with Gasteiger partial charge < -0.3 is 14.6 Å². The molecule has 2 fully saturated rings. The van der Waals surface area contributed by atoms with Crippen LogP contribution in [0.2, 0.25) is 0 Å². The van der Waals surface area contributed by atoms with Crippen LogP contribution in [0.3, 0.4) is 0 Å². The summed E-state index contributed by atoms with van der Waals surface area (Å²) in [7, 11) is 1.70. The molecule has 2 atom stereocenters. The Morgan fingerprint density at radius 3 is 2.66 bits per heavy atom. The summed E-state index contributed by atoms with van der Waals surface area (Å²) in [5, 5.41) is 3.92. The van der Waals surface area contributed by atoms with Gasteiger partial charge in [-0.1, -0.05) is 45.9 Å². The van der Waals surface area contributed by atoms with Gasteiger partial charge in [0.05, 0.1) is 0 Å². The van der Waals surface area contributed by atoms with Crippen molar-refractivity contribution in [2.24, 2.45) is 11.3 Å². The summed E-state index contributed by atoms with van der Waals surface area (Å²) in [5.41, 5.74) is 0.824. The molecule has 4 amide bonds. The summed E-state index contributed by atoms with van der Waals surface area (Å²) in [6.45, 7) is 8.50. The summed E-state index contributed by atoms with van der Waals surface area (Å²) in [5.74, 6) is 0.620. The molecule has 0 radical (unpaired) electrons. The maximum absolute atomic E-state index is 13.3. The molecule has 1 aliphatic carbocycles. The van der Waals surface area contributed by atoms with Gasteiger partial charge >= 0.3 is 6.03 Å². The van der Waals surface area contributed by atoms with Gasteiger partial charge in [-0.2, -0.15) is 0 Å². The third-order valence-corrected chi connectivity index (χ3v) is 6.84. The number of carbonyl (C=O) groups excluding carboxylic acids is 3. The fraction of sp³-hybridized carbons (Fsp3) is 0.560. The highest BCUT2D eigenvalue weighted by Crippen LogP contribution is 2.46. The van der Waals surface area contributed by atoms with Crippen LogP contribution in [0, 0.1) is 11.3 Å². The molecule has 1 aromatic carbocycles. The Hall–Kier alpha value is -2.83. The number of imide groups is 1. The zero-order valence-electron chi connectivity index (χ0n) is 19.7. The Bertz CT molecular complexity index is 1070. The van der Waals surface area contributed by atoms with E-state index < -0.39 is 11.6 Å². The third kappa shape index (κ3) is 3.89. The number of nitrogens with one attached hydrogen (secondary N) is 1. The van der Waals surface area contributed by atoms with Crippen LogP contribution in [0.15, 0.2) is 28.7 Å². The van der Waals surface area contributed by atoms with Gasteiger partial charge in [0.25, 0.3) is 5.91 Å². The van der Waals surface area contributed by atoms with Crippen LogP contribution >= 0.6 is 0 Å². The highest BCUT2D eigenvalue weighted by molar-refractivity contribution is 6.09. The molecular formula is C25H33N3O4. The van der Waals surface area contributed by atoms with E-state index in [0.29, 0.717) is 25.3 Å². The number of carbonyl (C=O) groups is 3. The summed E-state index contributed by atoms with van der Waals surface area (Å²) in [6, 6.07) is 7.30. The number of amides is 4. The van der Waals surface area contributed by atoms with Crippen LogP contribution in [0.4, 0.5) is 4.79 Å². The van der Waals surface area contributed by atoms with Crippen molar-refractivity contribution in [3.05, 3.63) is 35.6 Å². The number of urea groups is 1. The fourth-order valence-corrected chi connectivity index (χ4v) is 5.84. The molecule has 172 valence electrons. The Labute approximate surface area is 189 Å². The second-order valence-corrected chi connectivity index (χ2v) is 10.4. The molecule has 32 heavy (non-hydrogen) atoms. The minimum atomic E-state index is -0.896. The molecule has 1 saturated heterocycles. The van der Waals surface area contributed by atoms with Crippen molar-refractivity contribution in [1.29, 1.82) is 0 Å². The standard InChI is InChI=1S/C25H33N3O4/c1-6-19-18(17-9-7-8-10-20(17)32-19)13-27(5)21(29)14-28-22(30)25(26-23(28)31)12-16(2)11-24(3,4)15-25/h7-10,16H,6,11-15H2,1-5H3,(H,26,31). The maximum atomic E-state index is 13.3. The lowest BCUT2D eigenvalue weighted by atomic mass is 9.64. The van der Waals surface area contributed by atoms with Crippen LogP contribution < -0.4 is 5.32 Å². The lowest BCUT2D eigenvalue weighted by Gasteiger charge is -2.43. The van der Waals surface area contributed by atoms with Crippen molar-refractivity contribution in [2.75, 3.05) is 13.6 Å². The van der Waals surface area contributed by atoms with Crippen LogP contribution in [0.5, 0.6) is 0 Å². The molecule has 1 aliphatic heterocycles. The minimum absolute atomic E-state index is 0.0453. The van der Waals surface area contributed by atoms with Gasteiger partial charge in [-0.25, -0.2) is 4.79 Å². The average molecular weight is 440 g/mol. The zero-order chi connectivity index (χ0) is 23.3. The smallest absolute Gasteiger partial charge is 0.325 e. The first-order valence-corrected chi connectivity index (χ1v) is 11.4. The molecular weight excluding hydrogens is 406 g/mol. The molecule has 1 spiro atoms. The van der Waals surface area contributed by atoms with Gasteiger partial charge in [0.15, 0.2) is 0 Å². The monoisotopic (exact) mass is 439 g/mol. The molecule has 4 rings (SSSR count). The van der Waals surface area contributed by atoms with E-state index in [1.54, 1.807) is 11.9 Å². The van der Waals surface area contributed by atoms with E-state index in [-0.39, 0.29) is 23.8 Å². The first-order chi connectivity index (χ1) is 15.0. The van der Waals surface area contributed by atoms with Gasteiger partial charge in [-0.3, -0.25) is 14.5 Å². The van der Waals surface area contributed by atoms with Crippen molar-refractivity contribution < 1.29 is 18.8 Å². The Morgan fingerprint density at radius 2 is 1.97 bits per heavy atom. The average Bonchev–Trinajstić information content (AvgIpc) is 3.16. The summed E-state index contributed by atoms with van der Waals surface area (Å²) >= 11 is 0. The normalized spacial score (nSPS) is 24.9. The Balaban J connectivity index is 1.50. The van der Waals surface area contributed by atoms with Crippen molar-refractivity contribution in [2.45, 2.75) is 65.5 Å². The van der Waals surface area contributed by atoms with E-state index in [1.165, 1.54) is 0 Å². The molecule has 2 heterocycles. The highest BCUT2D eigenvalue weighted by Gasteiger charge is 2.56. The van der Waals surface area contributed by atoms with E-state index >= 15 is 0 Å². The number of aryl methyl sites for hydroxylation is 1. The second kappa shape index (κ2) is 7.94. The topological polar surface area (TPSA) is 82.9 Å². The van der Waals surface area contributed by atoms with E-state index in [1.807, 2.05) is 31.2 Å². The van der Waals surface area contributed by atoms with Gasteiger partial charge in [0.1, 0.15) is 23.4 Å². The minimum Gasteiger partial charge on any atom is -0.461 e. The predicted octanol–water partition coefficient (Wildman–Crippen LogP) is 4.09. The van der Waals surface area contributed by atoms with Crippen molar-refractivity contribution >= 4 is 28.8 Å². The number of hydrogen-bond donors (Lipinski definition) is 1. The van der Waals surface area contributed by atoms with E-state index in [2.05, 4.69) is 26.1 Å². The number of para-hydroxylation sites is 1. The van der Waals surface area contributed by atoms with Gasteiger partial charge in [-0.05, 0) is 36.7 Å². The number of fused-ring (bicyclic) bond motifs is 1. The molecule has 7 nitrogen and oxygen atoms in total. The van der Waals surface area contributed by atoms with Crippen molar-refractivity contribution in [3.63, 3.8) is 0 Å². The van der Waals surface area contributed by atoms with Crippen LogP contribution in [0.25, 0.3) is 11.0 Å². The quantitative estimate of drug-likeness (QED) is 0.712. The number of rotatable bonds is 5. The number of likely N-dealkylation sites (N-methyl/N-ethyl adjacent to an activating group) is 1. The molecule has 2 aromatic rings. The van der Waals surface area contributed by atoms with Crippen molar-refractivity contribution in [1.82, 2.24) is 15.1 Å². The zero-order valence-corrected chi connectivity index (χ0v) is 19.7. The molecule has 1 N–H and O–H groups in total. The van der Waals surface area contributed by atoms with E-state index in [9.17, 15) is 14.4 Å². The number of furan rings is 1. The number of benzene rings is 1.